The molecule has 0 aliphatic heterocycles. The number of hydrogen-bond donors (Lipinski definition) is 1. The molecule has 0 fully saturated rings. The van der Waals surface area contributed by atoms with Gasteiger partial charge in [0, 0.05) is 11.0 Å². The predicted octanol–water partition coefficient (Wildman–Crippen LogP) is 4.19. The minimum atomic E-state index is 0.632. The van der Waals surface area contributed by atoms with E-state index in [1.807, 2.05) is 7.05 Å². The Morgan fingerprint density at radius 3 is 2.38 bits per heavy atom. The first kappa shape index (κ1) is 13.7. The summed E-state index contributed by atoms with van der Waals surface area (Å²) < 4.78 is 1.16. The lowest BCUT2D eigenvalue weighted by Crippen LogP contribution is -2.19. The third kappa shape index (κ3) is 4.26. The predicted molar refractivity (Wildman–Crippen MR) is 74.9 cm³/mol. The molecule has 0 saturated carbocycles. The molecule has 16 heavy (non-hydrogen) atoms. The second-order valence-corrected chi connectivity index (χ2v) is 5.47. The number of likely N-dealkylation sites (N-methyl/N-ethyl adjacent to an activating group) is 1. The number of halogens is 1. The number of hydrogen-bond acceptors (Lipinski definition) is 1. The molecule has 2 unspecified atom stereocenters. The molecule has 2 atom stereocenters. The summed E-state index contributed by atoms with van der Waals surface area (Å²) in [7, 11) is 2.03. The summed E-state index contributed by atoms with van der Waals surface area (Å²) in [6.07, 6.45) is 2.52. The molecular weight excluding hydrogens is 262 g/mol. The van der Waals surface area contributed by atoms with Crippen LogP contribution in [-0.2, 0) is 0 Å². The van der Waals surface area contributed by atoms with Crippen LogP contribution in [0.4, 0.5) is 0 Å². The first-order valence-electron chi connectivity index (χ1n) is 6.07. The maximum Gasteiger partial charge on any atom is 0.0175 e. The molecule has 2 heteroatoms. The molecule has 0 amide bonds. The van der Waals surface area contributed by atoms with E-state index in [9.17, 15) is 0 Å². The van der Waals surface area contributed by atoms with Gasteiger partial charge >= 0.3 is 0 Å². The average molecular weight is 284 g/mol. The Hall–Kier alpha value is -0.340. The largest absolute Gasteiger partial charge is 0.319 e. The summed E-state index contributed by atoms with van der Waals surface area (Å²) in [5, 5.41) is 3.30. The van der Waals surface area contributed by atoms with Gasteiger partial charge < -0.3 is 5.32 Å². The Bertz CT molecular complexity index is 294. The molecule has 0 bridgehead atoms. The highest BCUT2D eigenvalue weighted by Gasteiger charge is 2.13. The fourth-order valence-corrected chi connectivity index (χ4v) is 2.24. The summed E-state index contributed by atoms with van der Waals surface area (Å²) in [6, 6.07) is 8.73. The third-order valence-electron chi connectivity index (χ3n) is 3.18. The maximum absolute atomic E-state index is 3.48. The van der Waals surface area contributed by atoms with Gasteiger partial charge in [-0.3, -0.25) is 0 Å². The topological polar surface area (TPSA) is 12.0 Å². The smallest absolute Gasteiger partial charge is 0.0175 e. The van der Waals surface area contributed by atoms with Crippen LogP contribution < -0.4 is 5.32 Å². The summed E-state index contributed by atoms with van der Waals surface area (Å²) in [5.41, 5.74) is 1.44. The maximum atomic E-state index is 3.48. The van der Waals surface area contributed by atoms with Crippen LogP contribution in [0.5, 0.6) is 0 Å². The molecule has 0 saturated heterocycles. The molecule has 1 aromatic rings. The average Bonchev–Trinajstić information content (AvgIpc) is 2.29. The minimum Gasteiger partial charge on any atom is -0.319 e. The van der Waals surface area contributed by atoms with Gasteiger partial charge in [0.25, 0.3) is 0 Å². The Morgan fingerprint density at radius 2 is 1.88 bits per heavy atom. The van der Waals surface area contributed by atoms with E-state index in [1.54, 1.807) is 0 Å². The highest BCUT2D eigenvalue weighted by Crippen LogP contribution is 2.25. The van der Waals surface area contributed by atoms with Crippen molar-refractivity contribution in [2.45, 2.75) is 32.6 Å². The lowest BCUT2D eigenvalue weighted by atomic mass is 9.88. The van der Waals surface area contributed by atoms with Gasteiger partial charge in [0.1, 0.15) is 0 Å². The van der Waals surface area contributed by atoms with Crippen LogP contribution in [0, 0.1) is 5.92 Å². The molecular formula is C14H22BrN. The Balaban J connectivity index is 2.72. The fourth-order valence-electron chi connectivity index (χ4n) is 1.97. The van der Waals surface area contributed by atoms with Crippen LogP contribution in [0.15, 0.2) is 28.7 Å². The minimum absolute atomic E-state index is 0.632. The molecule has 0 aliphatic rings. The monoisotopic (exact) mass is 283 g/mol. The third-order valence-corrected chi connectivity index (χ3v) is 3.70. The van der Waals surface area contributed by atoms with Crippen molar-refractivity contribution >= 4 is 15.9 Å². The molecule has 1 N–H and O–H groups in total. The Morgan fingerprint density at radius 1 is 1.25 bits per heavy atom. The van der Waals surface area contributed by atoms with Gasteiger partial charge in [-0.05, 0) is 43.0 Å². The highest BCUT2D eigenvalue weighted by molar-refractivity contribution is 9.10. The van der Waals surface area contributed by atoms with E-state index < -0.39 is 0 Å². The van der Waals surface area contributed by atoms with Gasteiger partial charge in [0.05, 0.1) is 0 Å². The van der Waals surface area contributed by atoms with Crippen molar-refractivity contribution in [1.29, 1.82) is 0 Å². The van der Waals surface area contributed by atoms with E-state index in [-0.39, 0.29) is 0 Å². The first-order chi connectivity index (χ1) is 7.67. The fraction of sp³-hybridized carbons (Fsp3) is 0.571. The Labute approximate surface area is 108 Å². The van der Waals surface area contributed by atoms with Crippen molar-refractivity contribution in [3.63, 3.8) is 0 Å². The molecule has 1 nitrogen and oxygen atoms in total. The van der Waals surface area contributed by atoms with Crippen molar-refractivity contribution in [1.82, 2.24) is 5.32 Å². The molecule has 0 heterocycles. The first-order valence-corrected chi connectivity index (χ1v) is 6.86. The van der Waals surface area contributed by atoms with Crippen molar-refractivity contribution < 1.29 is 0 Å². The van der Waals surface area contributed by atoms with Crippen LogP contribution >= 0.6 is 15.9 Å². The van der Waals surface area contributed by atoms with Crippen molar-refractivity contribution in [2.75, 3.05) is 13.6 Å². The van der Waals surface area contributed by atoms with Crippen molar-refractivity contribution in [3.05, 3.63) is 34.3 Å². The van der Waals surface area contributed by atoms with Gasteiger partial charge in [-0.25, -0.2) is 0 Å². The normalized spacial score (nSPS) is 14.8. The Kier molecular flexibility index (Phi) is 6.07. The second-order valence-electron chi connectivity index (χ2n) is 4.56. The van der Waals surface area contributed by atoms with E-state index in [0.29, 0.717) is 5.92 Å². The van der Waals surface area contributed by atoms with E-state index in [2.05, 4.69) is 59.4 Å². The van der Waals surface area contributed by atoms with Gasteiger partial charge in [-0.2, -0.15) is 0 Å². The zero-order valence-electron chi connectivity index (χ0n) is 10.5. The van der Waals surface area contributed by atoms with Gasteiger partial charge in [0.2, 0.25) is 0 Å². The second kappa shape index (κ2) is 7.08. The summed E-state index contributed by atoms with van der Waals surface area (Å²) in [5.74, 6) is 1.43. The molecule has 0 aromatic heterocycles. The van der Waals surface area contributed by atoms with Crippen LogP contribution in [0.2, 0.25) is 0 Å². The van der Waals surface area contributed by atoms with Crippen molar-refractivity contribution in [3.8, 4) is 0 Å². The molecule has 1 rings (SSSR count). The number of benzene rings is 1. The summed E-state index contributed by atoms with van der Waals surface area (Å²) >= 11 is 3.48. The van der Waals surface area contributed by atoms with Gasteiger partial charge in [-0.1, -0.05) is 48.3 Å². The van der Waals surface area contributed by atoms with Gasteiger partial charge in [-0.15, -0.1) is 0 Å². The molecule has 0 radical (unpaired) electrons. The van der Waals surface area contributed by atoms with E-state index >= 15 is 0 Å². The van der Waals surface area contributed by atoms with E-state index in [0.717, 1.165) is 16.9 Å². The standard InChI is InChI=1S/C14H22BrN/c1-4-11(2)9-13(10-16-3)12-5-7-14(15)8-6-12/h5-8,11,13,16H,4,9-10H2,1-3H3. The van der Waals surface area contributed by atoms with E-state index in [1.165, 1.54) is 18.4 Å². The molecule has 1 aromatic carbocycles. The van der Waals surface area contributed by atoms with E-state index in [4.69, 9.17) is 0 Å². The van der Waals surface area contributed by atoms with Crippen LogP contribution in [0.25, 0.3) is 0 Å². The zero-order chi connectivity index (χ0) is 12.0. The van der Waals surface area contributed by atoms with Crippen LogP contribution in [-0.4, -0.2) is 13.6 Å². The van der Waals surface area contributed by atoms with Crippen LogP contribution in [0.1, 0.15) is 38.2 Å². The van der Waals surface area contributed by atoms with Gasteiger partial charge in [0.15, 0.2) is 0 Å². The number of rotatable bonds is 6. The summed E-state index contributed by atoms with van der Waals surface area (Å²) in [6.45, 7) is 5.66. The lowest BCUT2D eigenvalue weighted by Gasteiger charge is -2.20. The highest BCUT2D eigenvalue weighted by atomic mass is 79.9. The van der Waals surface area contributed by atoms with Crippen molar-refractivity contribution in [2.24, 2.45) is 5.92 Å². The zero-order valence-corrected chi connectivity index (χ0v) is 12.0. The van der Waals surface area contributed by atoms with Crippen LogP contribution in [0.3, 0.4) is 0 Å². The number of nitrogens with one attached hydrogen (secondary N) is 1. The molecule has 0 spiro atoms. The quantitative estimate of drug-likeness (QED) is 0.826. The summed E-state index contributed by atoms with van der Waals surface area (Å²) in [4.78, 5) is 0. The molecule has 90 valence electrons. The molecule has 0 aliphatic carbocycles. The lowest BCUT2D eigenvalue weighted by molar-refractivity contribution is 0.444. The SMILES string of the molecule is CCC(C)CC(CNC)c1ccc(Br)cc1.